The lowest BCUT2D eigenvalue weighted by Crippen LogP contribution is -2.42. The van der Waals surface area contributed by atoms with E-state index >= 15 is 0 Å². The molecule has 2 aliphatic rings. The van der Waals surface area contributed by atoms with Crippen LogP contribution < -0.4 is 10.6 Å². The van der Waals surface area contributed by atoms with Gasteiger partial charge in [-0.15, -0.1) is 0 Å². The van der Waals surface area contributed by atoms with Crippen LogP contribution in [-0.2, 0) is 15.0 Å². The van der Waals surface area contributed by atoms with E-state index in [1.165, 1.54) is 0 Å². The fourth-order valence-corrected chi connectivity index (χ4v) is 2.80. The first-order valence-electron chi connectivity index (χ1n) is 7.15. The molecule has 0 radical (unpaired) electrons. The van der Waals surface area contributed by atoms with E-state index in [2.05, 4.69) is 10.6 Å². The number of nitrogens with zero attached hydrogens (tertiary/aromatic N) is 1. The molecule has 0 bridgehead atoms. The summed E-state index contributed by atoms with van der Waals surface area (Å²) < 4.78 is 0. The molecule has 0 atom stereocenters. The summed E-state index contributed by atoms with van der Waals surface area (Å²) in [7, 11) is 0. The van der Waals surface area contributed by atoms with Crippen LogP contribution in [0.4, 0.5) is 4.79 Å². The zero-order valence-corrected chi connectivity index (χ0v) is 12.7. The summed E-state index contributed by atoms with van der Waals surface area (Å²) in [6.45, 7) is 0.474. The molecule has 1 heterocycles. The molecule has 116 valence electrons. The highest BCUT2D eigenvalue weighted by atomic mass is 35.5. The van der Waals surface area contributed by atoms with E-state index in [0.717, 1.165) is 23.3 Å². The maximum Gasteiger partial charge on any atom is 0.324 e. The maximum atomic E-state index is 12.4. The van der Waals surface area contributed by atoms with E-state index in [1.54, 1.807) is 12.1 Å². The molecule has 7 heteroatoms. The van der Waals surface area contributed by atoms with Gasteiger partial charge in [-0.3, -0.25) is 14.5 Å². The van der Waals surface area contributed by atoms with E-state index < -0.39 is 11.4 Å². The number of urea groups is 1. The summed E-state index contributed by atoms with van der Waals surface area (Å²) in [5, 5.41) is 5.90. The molecule has 4 amide bonds. The predicted molar refractivity (Wildman–Crippen MR) is 80.5 cm³/mol. The van der Waals surface area contributed by atoms with Crippen molar-refractivity contribution >= 4 is 29.4 Å². The van der Waals surface area contributed by atoms with Gasteiger partial charge in [-0.1, -0.05) is 23.7 Å². The van der Waals surface area contributed by atoms with E-state index in [-0.39, 0.29) is 31.4 Å². The Morgan fingerprint density at radius 1 is 1.27 bits per heavy atom. The van der Waals surface area contributed by atoms with Gasteiger partial charge in [0.1, 0.15) is 0 Å². The summed E-state index contributed by atoms with van der Waals surface area (Å²) in [5.41, 5.74) is 0.464. The lowest BCUT2D eigenvalue weighted by molar-refractivity contribution is -0.126. The number of imide groups is 1. The van der Waals surface area contributed by atoms with Crippen molar-refractivity contribution in [3.05, 3.63) is 34.9 Å². The van der Waals surface area contributed by atoms with Crippen molar-refractivity contribution in [2.75, 3.05) is 19.6 Å². The molecule has 1 aromatic rings. The molecule has 0 aromatic heterocycles. The molecule has 3 rings (SSSR count). The maximum absolute atomic E-state index is 12.4. The van der Waals surface area contributed by atoms with Gasteiger partial charge >= 0.3 is 6.03 Å². The van der Waals surface area contributed by atoms with Gasteiger partial charge in [0.15, 0.2) is 0 Å². The third-order valence-electron chi connectivity index (χ3n) is 4.14. The first-order chi connectivity index (χ1) is 10.5. The quantitative estimate of drug-likeness (QED) is 0.795. The van der Waals surface area contributed by atoms with Crippen LogP contribution in [0, 0.1) is 0 Å². The molecule has 6 nitrogen and oxygen atoms in total. The molecule has 1 saturated carbocycles. The van der Waals surface area contributed by atoms with Crippen LogP contribution in [0.25, 0.3) is 0 Å². The van der Waals surface area contributed by atoms with Gasteiger partial charge in [0.2, 0.25) is 11.8 Å². The van der Waals surface area contributed by atoms with Crippen molar-refractivity contribution in [2.24, 2.45) is 0 Å². The predicted octanol–water partition coefficient (Wildman–Crippen LogP) is 1.04. The Bertz CT molecular complexity index is 609. The highest BCUT2D eigenvalue weighted by molar-refractivity contribution is 6.30. The highest BCUT2D eigenvalue weighted by Gasteiger charge is 2.51. The Morgan fingerprint density at radius 2 is 1.95 bits per heavy atom. The smallest absolute Gasteiger partial charge is 0.324 e. The molecular weight excluding hydrogens is 306 g/mol. The van der Waals surface area contributed by atoms with Crippen molar-refractivity contribution in [2.45, 2.75) is 18.3 Å². The first kappa shape index (κ1) is 14.8. The Balaban J connectivity index is 1.57. The SMILES string of the molecule is O=C1CNC(=O)N1CCNC(=O)C1(c2ccc(Cl)cc2)CC1. The van der Waals surface area contributed by atoms with Crippen molar-refractivity contribution in [3.8, 4) is 0 Å². The zero-order chi connectivity index (χ0) is 15.7. The second kappa shape index (κ2) is 5.61. The van der Waals surface area contributed by atoms with Gasteiger partial charge in [-0.25, -0.2) is 4.79 Å². The van der Waals surface area contributed by atoms with Gasteiger partial charge in [-0.2, -0.15) is 0 Å². The molecule has 1 aliphatic carbocycles. The summed E-state index contributed by atoms with van der Waals surface area (Å²) in [6.07, 6.45) is 1.59. The summed E-state index contributed by atoms with van der Waals surface area (Å²) in [6, 6.07) is 6.88. The average molecular weight is 322 g/mol. The monoisotopic (exact) mass is 321 g/mol. The van der Waals surface area contributed by atoms with Crippen molar-refractivity contribution in [3.63, 3.8) is 0 Å². The standard InChI is InChI=1S/C15H16ClN3O3/c16-11-3-1-10(2-4-11)15(5-6-15)13(21)17-7-8-19-12(20)9-18-14(19)22/h1-4H,5-9H2,(H,17,21)(H,18,22). The lowest BCUT2D eigenvalue weighted by atomic mass is 9.95. The van der Waals surface area contributed by atoms with Gasteiger partial charge < -0.3 is 10.6 Å². The van der Waals surface area contributed by atoms with E-state index in [1.807, 2.05) is 12.1 Å². The minimum absolute atomic E-state index is 0.0293. The molecule has 0 unspecified atom stereocenters. The van der Waals surface area contributed by atoms with Crippen LogP contribution in [0.1, 0.15) is 18.4 Å². The number of hydrogen-bond acceptors (Lipinski definition) is 3. The number of rotatable bonds is 5. The third kappa shape index (κ3) is 2.66. The molecule has 2 fully saturated rings. The van der Waals surface area contributed by atoms with Crippen LogP contribution in [-0.4, -0.2) is 42.4 Å². The number of carbonyl (C=O) groups excluding carboxylic acids is 3. The minimum Gasteiger partial charge on any atom is -0.354 e. The first-order valence-corrected chi connectivity index (χ1v) is 7.53. The normalized spacial score (nSPS) is 19.0. The number of halogens is 1. The van der Waals surface area contributed by atoms with Gasteiger partial charge in [0, 0.05) is 18.1 Å². The Morgan fingerprint density at radius 3 is 2.50 bits per heavy atom. The van der Waals surface area contributed by atoms with E-state index in [9.17, 15) is 14.4 Å². The molecule has 22 heavy (non-hydrogen) atoms. The number of amides is 4. The van der Waals surface area contributed by atoms with Crippen LogP contribution in [0.15, 0.2) is 24.3 Å². The van der Waals surface area contributed by atoms with E-state index in [0.29, 0.717) is 5.02 Å². The Hall–Kier alpha value is -2.08. The number of nitrogens with one attached hydrogen (secondary N) is 2. The topological polar surface area (TPSA) is 78.5 Å². The number of hydrogen-bond donors (Lipinski definition) is 2. The van der Waals surface area contributed by atoms with Crippen LogP contribution in [0.3, 0.4) is 0 Å². The summed E-state index contributed by atoms with van der Waals surface area (Å²) in [5.74, 6) is -0.333. The highest BCUT2D eigenvalue weighted by Crippen LogP contribution is 2.48. The van der Waals surface area contributed by atoms with Crippen molar-refractivity contribution in [1.29, 1.82) is 0 Å². The second-order valence-corrected chi connectivity index (χ2v) is 5.99. The van der Waals surface area contributed by atoms with Crippen LogP contribution in [0.2, 0.25) is 5.02 Å². The molecule has 2 N–H and O–H groups in total. The molecular formula is C15H16ClN3O3. The molecule has 1 aromatic carbocycles. The summed E-state index contributed by atoms with van der Waals surface area (Å²) >= 11 is 5.87. The van der Waals surface area contributed by atoms with Crippen molar-refractivity contribution in [1.82, 2.24) is 15.5 Å². The Kier molecular flexibility index (Phi) is 3.78. The minimum atomic E-state index is -0.484. The van der Waals surface area contributed by atoms with Gasteiger partial charge in [0.25, 0.3) is 0 Å². The average Bonchev–Trinajstić information content (AvgIpc) is 3.25. The van der Waals surface area contributed by atoms with Crippen LogP contribution in [0.5, 0.6) is 0 Å². The summed E-state index contributed by atoms with van der Waals surface area (Å²) in [4.78, 5) is 36.3. The fourth-order valence-electron chi connectivity index (χ4n) is 2.67. The molecule has 1 aliphatic heterocycles. The zero-order valence-electron chi connectivity index (χ0n) is 11.9. The second-order valence-electron chi connectivity index (χ2n) is 5.55. The Labute approximate surface area is 132 Å². The number of carbonyl (C=O) groups is 3. The van der Waals surface area contributed by atoms with Crippen molar-refractivity contribution < 1.29 is 14.4 Å². The lowest BCUT2D eigenvalue weighted by Gasteiger charge is -2.17. The molecule has 1 saturated heterocycles. The largest absolute Gasteiger partial charge is 0.354 e. The van der Waals surface area contributed by atoms with Gasteiger partial charge in [-0.05, 0) is 30.5 Å². The fraction of sp³-hybridized carbons (Fsp3) is 0.400. The molecule has 0 spiro atoms. The van der Waals surface area contributed by atoms with E-state index in [4.69, 9.17) is 11.6 Å². The van der Waals surface area contributed by atoms with Crippen LogP contribution >= 0.6 is 11.6 Å². The third-order valence-corrected chi connectivity index (χ3v) is 4.39. The number of benzene rings is 1. The van der Waals surface area contributed by atoms with Gasteiger partial charge in [0.05, 0.1) is 12.0 Å².